The van der Waals surface area contributed by atoms with Gasteiger partial charge in [-0.25, -0.2) is 9.36 Å². The Morgan fingerprint density at radius 3 is 1.48 bits per heavy atom. The van der Waals surface area contributed by atoms with E-state index in [-0.39, 0.29) is 11.1 Å². The van der Waals surface area contributed by atoms with Gasteiger partial charge in [-0.3, -0.25) is 19.2 Å². The number of aliphatic carboxylic acids is 1. The van der Waals surface area contributed by atoms with Gasteiger partial charge < -0.3 is 20.9 Å². The molecule has 0 fully saturated rings. The number of ether oxygens (including phenoxy) is 1. The molecule has 0 spiro atoms. The number of halogens is 2. The van der Waals surface area contributed by atoms with Crippen molar-refractivity contribution in [1.29, 1.82) is 0 Å². The second-order valence-electron chi connectivity index (χ2n) is 8.75. The molecule has 236 valence electrons. The fourth-order valence-corrected chi connectivity index (χ4v) is 3.49. The number of nitrogens with two attached hydrogens (primary N) is 1. The third-order valence-electron chi connectivity index (χ3n) is 4.38. The molecule has 0 radical (unpaired) electrons. The Bertz CT molecular complexity index is 1600. The molecule has 44 heavy (non-hydrogen) atoms. The van der Waals surface area contributed by atoms with Crippen molar-refractivity contribution in [3.63, 3.8) is 0 Å². The number of hydrogen-bond acceptors (Lipinski definition) is 12. The number of carbonyl (C=O) groups excluding carboxylic acids is 3. The highest BCUT2D eigenvalue weighted by Gasteiger charge is 2.10. The molecule has 0 saturated carbocycles. The number of rotatable bonds is 3. The third-order valence-corrected chi connectivity index (χ3v) is 4.76. The molecule has 4 rings (SSSR count). The van der Waals surface area contributed by atoms with Gasteiger partial charge in [0.15, 0.2) is 0 Å². The van der Waals surface area contributed by atoms with Gasteiger partial charge in [-0.15, -0.1) is 0 Å². The highest BCUT2D eigenvalue weighted by molar-refractivity contribution is 6.30. The molecule has 18 heteroatoms. The van der Waals surface area contributed by atoms with Gasteiger partial charge in [0.1, 0.15) is 21.9 Å². The average molecular weight is 652 g/mol. The van der Waals surface area contributed by atoms with E-state index in [1.807, 2.05) is 39.8 Å². The maximum Gasteiger partial charge on any atom is 0.310 e. The summed E-state index contributed by atoms with van der Waals surface area (Å²) in [7, 11) is 0. The molecule has 0 bridgehead atoms. The van der Waals surface area contributed by atoms with E-state index in [9.17, 15) is 14.4 Å². The molecule has 0 aromatic carbocycles. The van der Waals surface area contributed by atoms with Crippen LogP contribution >= 0.6 is 23.2 Å². The fourth-order valence-electron chi connectivity index (χ4n) is 3.13. The Morgan fingerprint density at radius 2 is 1.16 bits per heavy atom. The normalized spacial score (nSPS) is 9.68. The summed E-state index contributed by atoms with van der Waals surface area (Å²) in [5, 5.41) is 19.0. The second-order valence-corrected chi connectivity index (χ2v) is 9.53. The van der Waals surface area contributed by atoms with Crippen molar-refractivity contribution in [3.8, 4) is 11.9 Å². The van der Waals surface area contributed by atoms with Crippen molar-refractivity contribution in [3.05, 3.63) is 57.3 Å². The number of nitrogen functional groups attached to an aromatic ring is 1. The van der Waals surface area contributed by atoms with Gasteiger partial charge in [-0.05, 0) is 39.8 Å². The Kier molecular flexibility index (Phi) is 14.5. The zero-order chi connectivity index (χ0) is 33.7. The predicted molar refractivity (Wildman–Crippen MR) is 162 cm³/mol. The number of carboxylic acid groups (broad SMARTS) is 1. The summed E-state index contributed by atoms with van der Waals surface area (Å²) in [6.45, 7) is 12.4. The van der Waals surface area contributed by atoms with Crippen molar-refractivity contribution in [2.45, 2.75) is 55.4 Å². The number of anilines is 2. The van der Waals surface area contributed by atoms with Gasteiger partial charge in [0.05, 0.1) is 11.4 Å². The van der Waals surface area contributed by atoms with E-state index >= 15 is 0 Å². The van der Waals surface area contributed by atoms with E-state index in [1.165, 1.54) is 32.9 Å². The molecule has 0 aliphatic heterocycles. The van der Waals surface area contributed by atoms with E-state index in [0.717, 1.165) is 29.7 Å². The molecule has 1 amide bonds. The number of hydrogen-bond donors (Lipinski definition) is 3. The van der Waals surface area contributed by atoms with Crippen LogP contribution in [0.2, 0.25) is 10.3 Å². The van der Waals surface area contributed by atoms with Gasteiger partial charge in [0.2, 0.25) is 5.91 Å². The van der Waals surface area contributed by atoms with Crippen LogP contribution in [-0.4, -0.2) is 68.4 Å². The van der Waals surface area contributed by atoms with Crippen molar-refractivity contribution in [1.82, 2.24) is 39.5 Å². The quantitative estimate of drug-likeness (QED) is 0.164. The average Bonchev–Trinajstić information content (AvgIpc) is 3.36. The zero-order valence-electron chi connectivity index (χ0n) is 25.2. The van der Waals surface area contributed by atoms with Crippen LogP contribution in [0.4, 0.5) is 11.6 Å². The minimum Gasteiger partial charge on any atom is -0.481 e. The summed E-state index contributed by atoms with van der Waals surface area (Å²) in [5.41, 5.74) is 9.16. The summed E-state index contributed by atoms with van der Waals surface area (Å²) in [6, 6.07) is 6.82. The molecular formula is C26H32Cl2N10O6. The second kappa shape index (κ2) is 17.2. The molecule has 0 atom stereocenters. The van der Waals surface area contributed by atoms with Gasteiger partial charge >= 0.3 is 11.9 Å². The first-order chi connectivity index (χ1) is 20.4. The molecular weight excluding hydrogens is 619 g/mol. The lowest BCUT2D eigenvalue weighted by molar-refractivity contribution is -0.156. The lowest BCUT2D eigenvalue weighted by atomic mass is 10.4. The van der Waals surface area contributed by atoms with E-state index in [2.05, 4.69) is 40.2 Å². The molecule has 4 aromatic heterocycles. The van der Waals surface area contributed by atoms with E-state index in [1.54, 1.807) is 9.36 Å². The number of aromatic nitrogens is 8. The topological polar surface area (TPSA) is 223 Å². The first kappa shape index (κ1) is 37.1. The van der Waals surface area contributed by atoms with Crippen molar-refractivity contribution >= 4 is 58.7 Å². The van der Waals surface area contributed by atoms with E-state index < -0.39 is 17.9 Å². The maximum atomic E-state index is 11.0. The largest absolute Gasteiger partial charge is 0.481 e. The van der Waals surface area contributed by atoms with Crippen LogP contribution in [0.5, 0.6) is 0 Å². The number of nitrogens with one attached hydrogen (secondary N) is 1. The Morgan fingerprint density at radius 1 is 0.750 bits per heavy atom. The highest BCUT2D eigenvalue weighted by atomic mass is 35.5. The molecule has 4 N–H and O–H groups in total. The first-order valence-electron chi connectivity index (χ1n) is 12.5. The van der Waals surface area contributed by atoms with Crippen LogP contribution in [-0.2, 0) is 23.9 Å². The summed E-state index contributed by atoms with van der Waals surface area (Å²) >= 11 is 11.7. The van der Waals surface area contributed by atoms with Gasteiger partial charge in [-0.1, -0.05) is 23.2 Å². The first-order valence-corrected chi connectivity index (χ1v) is 13.2. The van der Waals surface area contributed by atoms with Gasteiger partial charge in [0.25, 0.3) is 17.9 Å². The SMILES string of the molecule is CC(=O)Nc1cc(Cl)nc(-n2nc(C)cc2C)n1.CC(=O)O.CC(=O)OC(C)=O.Cc1cc(C)n(-c2nc(N)cc(Cl)n2)n1. The van der Waals surface area contributed by atoms with Crippen LogP contribution in [0.15, 0.2) is 24.3 Å². The van der Waals surface area contributed by atoms with Crippen LogP contribution in [0.1, 0.15) is 50.5 Å². The van der Waals surface area contributed by atoms with E-state index in [0.29, 0.717) is 28.7 Å². The minimum atomic E-state index is -0.833. The standard InChI is InChI=1S/C11H12ClN5O.C9H10ClN5.C4H6O3.C2H4O2/c1-6-4-7(2)17(16-6)11-14-9(12)5-10(15-11)13-8(3)18;1-5-3-6(2)15(14-5)9-12-7(10)4-8(11)13-9;1-3(5)7-4(2)6;1-2(3)4/h4-5H,1-3H3,(H,13,14,15,18);3-4H,1-2H3,(H2,11,12,13);1-2H3;1H3,(H,3,4). The third kappa shape index (κ3) is 13.8. The van der Waals surface area contributed by atoms with Crippen LogP contribution < -0.4 is 11.1 Å². The molecule has 0 aliphatic carbocycles. The van der Waals surface area contributed by atoms with Gasteiger partial charge in [-0.2, -0.15) is 30.1 Å². The number of esters is 2. The van der Waals surface area contributed by atoms with Gasteiger partial charge in [0, 0.05) is 51.2 Å². The van der Waals surface area contributed by atoms with E-state index in [4.69, 9.17) is 38.8 Å². The predicted octanol–water partition coefficient (Wildman–Crippen LogP) is 3.59. The lowest BCUT2D eigenvalue weighted by Crippen LogP contribution is -2.11. The molecule has 16 nitrogen and oxygen atoms in total. The molecule has 0 unspecified atom stereocenters. The minimum absolute atomic E-state index is 0.218. The zero-order valence-corrected chi connectivity index (χ0v) is 26.7. The maximum absolute atomic E-state index is 11.0. The monoisotopic (exact) mass is 650 g/mol. The van der Waals surface area contributed by atoms with Crippen LogP contribution in [0.3, 0.4) is 0 Å². The van der Waals surface area contributed by atoms with Crippen LogP contribution in [0.25, 0.3) is 11.9 Å². The molecule has 0 saturated heterocycles. The van der Waals surface area contributed by atoms with Crippen LogP contribution in [0, 0.1) is 27.7 Å². The number of nitrogens with zero attached hydrogens (tertiary/aromatic N) is 8. The smallest absolute Gasteiger partial charge is 0.310 e. The highest BCUT2D eigenvalue weighted by Crippen LogP contribution is 2.16. The number of amides is 1. The molecule has 4 heterocycles. The lowest BCUT2D eigenvalue weighted by Gasteiger charge is -2.06. The van der Waals surface area contributed by atoms with Crippen molar-refractivity contribution in [2.24, 2.45) is 0 Å². The van der Waals surface area contributed by atoms with Crippen molar-refractivity contribution < 1.29 is 29.0 Å². The number of aryl methyl sites for hydroxylation is 4. The Labute approximate surface area is 262 Å². The molecule has 0 aliphatic rings. The summed E-state index contributed by atoms with van der Waals surface area (Å²) in [4.78, 5) is 56.0. The summed E-state index contributed by atoms with van der Waals surface area (Å²) < 4.78 is 7.16. The fraction of sp³-hybridized carbons (Fsp3) is 0.308. The summed E-state index contributed by atoms with van der Waals surface area (Å²) in [5.74, 6) is -0.769. The summed E-state index contributed by atoms with van der Waals surface area (Å²) in [6.07, 6.45) is 0. The number of carbonyl (C=O) groups is 4. The Balaban J connectivity index is 0.000000334. The molecule has 4 aromatic rings. The van der Waals surface area contributed by atoms with Crippen molar-refractivity contribution in [2.75, 3.05) is 11.1 Å². The Hall–Kier alpha value is -4.96. The number of carboxylic acids is 1.